The lowest BCUT2D eigenvalue weighted by Crippen LogP contribution is -2.55. The summed E-state index contributed by atoms with van der Waals surface area (Å²) in [5.41, 5.74) is 0.774. The number of nitrogens with zero attached hydrogens (tertiary/aromatic N) is 3. The van der Waals surface area contributed by atoms with Crippen LogP contribution in [0.25, 0.3) is 10.9 Å². The Labute approximate surface area is 194 Å². The lowest BCUT2D eigenvalue weighted by atomic mass is 10.1. The third kappa shape index (κ3) is 3.86. The van der Waals surface area contributed by atoms with Crippen molar-refractivity contribution in [1.82, 2.24) is 19.4 Å². The zero-order chi connectivity index (χ0) is 23.1. The third-order valence-corrected chi connectivity index (χ3v) is 6.39. The summed E-state index contributed by atoms with van der Waals surface area (Å²) in [5, 5.41) is 0.467. The van der Waals surface area contributed by atoms with Gasteiger partial charge in [-0.25, -0.2) is 0 Å². The maximum absolute atomic E-state index is 13.1. The van der Waals surface area contributed by atoms with Gasteiger partial charge in [0.2, 0.25) is 6.10 Å². The molecule has 2 aliphatic heterocycles. The molecular weight excluding hydrogens is 444 g/mol. The van der Waals surface area contributed by atoms with Crippen LogP contribution in [0.1, 0.15) is 10.4 Å². The summed E-state index contributed by atoms with van der Waals surface area (Å²) in [6, 6.07) is 12.2. The number of piperazine rings is 1. The summed E-state index contributed by atoms with van der Waals surface area (Å²) >= 11 is 5.17. The van der Waals surface area contributed by atoms with Crippen LogP contribution in [-0.4, -0.2) is 70.1 Å². The normalized spacial score (nSPS) is 17.8. The molecule has 0 bridgehead atoms. The van der Waals surface area contributed by atoms with Gasteiger partial charge in [-0.2, -0.15) is 0 Å². The molecule has 1 unspecified atom stereocenters. The maximum Gasteiger partial charge on any atom is 0.267 e. The molecule has 2 amide bonds. The summed E-state index contributed by atoms with van der Waals surface area (Å²) in [7, 11) is 1.60. The predicted octanol–water partition coefficient (Wildman–Crippen LogP) is 1.72. The molecule has 3 aromatic rings. The van der Waals surface area contributed by atoms with Crippen molar-refractivity contribution in [1.29, 1.82) is 0 Å². The molecule has 1 saturated heterocycles. The fourth-order valence-corrected chi connectivity index (χ4v) is 4.29. The van der Waals surface area contributed by atoms with Crippen molar-refractivity contribution < 1.29 is 19.1 Å². The van der Waals surface area contributed by atoms with E-state index in [2.05, 4.69) is 4.98 Å². The van der Waals surface area contributed by atoms with Crippen molar-refractivity contribution in [3.05, 3.63) is 63.2 Å². The van der Waals surface area contributed by atoms with E-state index in [9.17, 15) is 14.4 Å². The first kappa shape index (κ1) is 21.2. The second-order valence-corrected chi connectivity index (χ2v) is 8.42. The van der Waals surface area contributed by atoms with E-state index in [1.807, 2.05) is 12.1 Å². The summed E-state index contributed by atoms with van der Waals surface area (Å²) in [5.74, 6) is 0.882. The van der Waals surface area contributed by atoms with Crippen molar-refractivity contribution in [3.8, 4) is 11.5 Å². The zero-order valence-electron chi connectivity index (χ0n) is 17.9. The van der Waals surface area contributed by atoms with Crippen molar-refractivity contribution in [2.24, 2.45) is 7.05 Å². The van der Waals surface area contributed by atoms with E-state index in [0.717, 1.165) is 0 Å². The Bertz CT molecular complexity index is 1370. The smallest absolute Gasteiger partial charge is 0.267 e. The Morgan fingerprint density at radius 3 is 2.48 bits per heavy atom. The van der Waals surface area contributed by atoms with Crippen LogP contribution < -0.4 is 15.0 Å². The number of fused-ring (bicyclic) bond motifs is 2. The SMILES string of the molecule is Cn1c(=S)[nH]c2cc(C(=O)N3CCN(C(=O)C4COc5ccccc5O4)CC3)ccc2c1=O. The van der Waals surface area contributed by atoms with E-state index in [4.69, 9.17) is 21.7 Å². The van der Waals surface area contributed by atoms with Crippen molar-refractivity contribution in [2.45, 2.75) is 6.10 Å². The Hall–Kier alpha value is -3.66. The average Bonchev–Trinajstić information content (AvgIpc) is 2.86. The number of ether oxygens (including phenoxy) is 2. The minimum absolute atomic E-state index is 0.147. The molecule has 2 aromatic carbocycles. The number of hydrogen-bond acceptors (Lipinski definition) is 6. The van der Waals surface area contributed by atoms with E-state index in [1.54, 1.807) is 47.2 Å². The lowest BCUT2D eigenvalue weighted by molar-refractivity contribution is -0.142. The number of aromatic amines is 1. The van der Waals surface area contributed by atoms with E-state index < -0.39 is 6.10 Å². The molecule has 0 saturated carbocycles. The number of rotatable bonds is 2. The first-order valence-electron chi connectivity index (χ1n) is 10.6. The number of amides is 2. The van der Waals surface area contributed by atoms with E-state index in [0.29, 0.717) is 58.9 Å². The highest BCUT2D eigenvalue weighted by atomic mass is 32.1. The maximum atomic E-state index is 13.1. The number of H-pyrrole nitrogens is 1. The van der Waals surface area contributed by atoms with Crippen molar-refractivity contribution in [3.63, 3.8) is 0 Å². The van der Waals surface area contributed by atoms with E-state index in [1.165, 1.54) is 4.57 Å². The molecule has 1 atom stereocenters. The second kappa shape index (κ2) is 8.36. The summed E-state index contributed by atoms with van der Waals surface area (Å²) in [6.07, 6.45) is -0.701. The molecule has 0 aliphatic carbocycles. The van der Waals surface area contributed by atoms with Crippen LogP contribution >= 0.6 is 12.2 Å². The molecule has 33 heavy (non-hydrogen) atoms. The summed E-state index contributed by atoms with van der Waals surface area (Å²) in [4.78, 5) is 44.7. The molecule has 2 aliphatic rings. The van der Waals surface area contributed by atoms with Crippen LogP contribution in [-0.2, 0) is 11.8 Å². The molecule has 0 spiro atoms. The number of nitrogens with one attached hydrogen (secondary N) is 1. The highest BCUT2D eigenvalue weighted by Gasteiger charge is 2.33. The number of benzene rings is 2. The van der Waals surface area contributed by atoms with Gasteiger partial charge in [0.05, 0.1) is 10.9 Å². The summed E-state index contributed by atoms with van der Waals surface area (Å²) in [6.45, 7) is 1.77. The van der Waals surface area contributed by atoms with Gasteiger partial charge in [0.1, 0.15) is 6.61 Å². The molecule has 10 heteroatoms. The van der Waals surface area contributed by atoms with Gasteiger partial charge in [0.15, 0.2) is 16.3 Å². The van der Waals surface area contributed by atoms with Gasteiger partial charge < -0.3 is 24.3 Å². The molecule has 3 heterocycles. The van der Waals surface area contributed by atoms with Gasteiger partial charge in [-0.1, -0.05) is 12.1 Å². The molecule has 0 radical (unpaired) electrons. The van der Waals surface area contributed by atoms with Crippen molar-refractivity contribution >= 4 is 34.9 Å². The first-order valence-corrected chi connectivity index (χ1v) is 11.0. The molecular formula is C23H22N4O5S. The average molecular weight is 467 g/mol. The standard InChI is InChI=1S/C23H22N4O5S/c1-25-21(29)15-7-6-14(12-16(15)24-23(25)33)20(28)26-8-10-27(11-9-26)22(30)19-13-31-17-4-2-3-5-18(17)32-19/h2-7,12,19H,8-11,13H2,1H3,(H,24,33). The minimum atomic E-state index is -0.701. The van der Waals surface area contributed by atoms with Crippen LogP contribution in [0.3, 0.4) is 0 Å². The van der Waals surface area contributed by atoms with Gasteiger partial charge in [0.25, 0.3) is 17.4 Å². The number of carbonyl (C=O) groups is 2. The molecule has 5 rings (SSSR count). The van der Waals surface area contributed by atoms with Crippen LogP contribution in [0.4, 0.5) is 0 Å². The summed E-state index contributed by atoms with van der Waals surface area (Å²) < 4.78 is 13.1. The van der Waals surface area contributed by atoms with Gasteiger partial charge in [-0.3, -0.25) is 19.0 Å². The van der Waals surface area contributed by atoms with Crippen LogP contribution in [0.15, 0.2) is 47.3 Å². The Morgan fingerprint density at radius 2 is 1.73 bits per heavy atom. The number of aromatic nitrogens is 2. The van der Waals surface area contributed by atoms with E-state index in [-0.39, 0.29) is 24.0 Å². The molecule has 1 aromatic heterocycles. The number of carbonyl (C=O) groups excluding carboxylic acids is 2. The molecule has 170 valence electrons. The quantitative estimate of drug-likeness (QED) is 0.578. The molecule has 9 nitrogen and oxygen atoms in total. The fraction of sp³-hybridized carbons (Fsp3) is 0.304. The zero-order valence-corrected chi connectivity index (χ0v) is 18.8. The minimum Gasteiger partial charge on any atom is -0.485 e. The largest absolute Gasteiger partial charge is 0.485 e. The highest BCUT2D eigenvalue weighted by Crippen LogP contribution is 2.31. The van der Waals surface area contributed by atoms with Gasteiger partial charge in [0, 0.05) is 38.8 Å². The number of para-hydroxylation sites is 2. The predicted molar refractivity (Wildman–Crippen MR) is 123 cm³/mol. The Balaban J connectivity index is 1.25. The lowest BCUT2D eigenvalue weighted by Gasteiger charge is -2.37. The Morgan fingerprint density at radius 1 is 1.03 bits per heavy atom. The number of hydrogen-bond donors (Lipinski definition) is 1. The van der Waals surface area contributed by atoms with Gasteiger partial charge in [-0.05, 0) is 42.5 Å². The van der Waals surface area contributed by atoms with Crippen LogP contribution in [0, 0.1) is 4.77 Å². The molecule has 1 N–H and O–H groups in total. The van der Waals surface area contributed by atoms with Crippen LogP contribution in [0.2, 0.25) is 0 Å². The fourth-order valence-electron chi connectivity index (χ4n) is 4.10. The van der Waals surface area contributed by atoms with E-state index >= 15 is 0 Å². The van der Waals surface area contributed by atoms with Gasteiger partial charge in [-0.15, -0.1) is 0 Å². The highest BCUT2D eigenvalue weighted by molar-refractivity contribution is 7.71. The second-order valence-electron chi connectivity index (χ2n) is 8.04. The topological polar surface area (TPSA) is 96.9 Å². The Kier molecular flexibility index (Phi) is 5.37. The molecule has 1 fully saturated rings. The van der Waals surface area contributed by atoms with Crippen LogP contribution in [0.5, 0.6) is 11.5 Å². The monoisotopic (exact) mass is 466 g/mol. The first-order chi connectivity index (χ1) is 15.9. The van der Waals surface area contributed by atoms with Crippen molar-refractivity contribution in [2.75, 3.05) is 32.8 Å². The third-order valence-electron chi connectivity index (χ3n) is 6.01. The van der Waals surface area contributed by atoms with Gasteiger partial charge >= 0.3 is 0 Å².